The van der Waals surface area contributed by atoms with Crippen LogP contribution in [0.4, 0.5) is 0 Å². The van der Waals surface area contributed by atoms with Gasteiger partial charge in [-0.05, 0) is 35.4 Å². The Morgan fingerprint density at radius 3 is 1.44 bits per heavy atom. The van der Waals surface area contributed by atoms with Crippen LogP contribution in [0.5, 0.6) is 11.5 Å². The zero-order valence-electron chi connectivity index (χ0n) is 14.5. The van der Waals surface area contributed by atoms with Crippen LogP contribution in [0.25, 0.3) is 0 Å². The minimum Gasteiger partial charge on any atom is -0.496 e. The highest BCUT2D eigenvalue weighted by Gasteiger charge is 2.27. The minimum atomic E-state index is -1.06. The zero-order chi connectivity index (χ0) is 18.8. The molecule has 0 aliphatic heterocycles. The Labute approximate surface area is 145 Å². The lowest BCUT2D eigenvalue weighted by Gasteiger charge is -2.27. The van der Waals surface area contributed by atoms with Crippen LogP contribution in [0.2, 0.25) is 0 Å². The van der Waals surface area contributed by atoms with E-state index in [0.29, 0.717) is 0 Å². The smallest absolute Gasteiger partial charge is 0.339 e. The third kappa shape index (κ3) is 3.42. The summed E-state index contributed by atoms with van der Waals surface area (Å²) in [6.07, 6.45) is 0. The molecule has 0 amide bonds. The van der Waals surface area contributed by atoms with Crippen molar-refractivity contribution >= 4 is 11.9 Å². The van der Waals surface area contributed by atoms with Crippen molar-refractivity contribution in [1.82, 2.24) is 0 Å². The topological polar surface area (TPSA) is 93.1 Å². The summed E-state index contributed by atoms with van der Waals surface area (Å²) < 4.78 is 10.4. The molecule has 2 rings (SSSR count). The first-order valence-corrected chi connectivity index (χ1v) is 7.56. The number of methoxy groups -OCH3 is 2. The van der Waals surface area contributed by atoms with Gasteiger partial charge < -0.3 is 19.7 Å². The highest BCUT2D eigenvalue weighted by Crippen LogP contribution is 2.36. The number of ether oxygens (including phenoxy) is 2. The first kappa shape index (κ1) is 18.3. The third-order valence-electron chi connectivity index (χ3n) is 4.31. The summed E-state index contributed by atoms with van der Waals surface area (Å²) in [4.78, 5) is 22.5. The molecule has 0 radical (unpaired) electrons. The fourth-order valence-corrected chi connectivity index (χ4v) is 2.68. The van der Waals surface area contributed by atoms with Crippen LogP contribution in [0.15, 0.2) is 36.4 Å². The molecule has 0 saturated carbocycles. The first-order chi connectivity index (χ1) is 11.7. The van der Waals surface area contributed by atoms with E-state index >= 15 is 0 Å². The third-order valence-corrected chi connectivity index (χ3v) is 4.31. The van der Waals surface area contributed by atoms with Crippen molar-refractivity contribution in [2.45, 2.75) is 19.3 Å². The molecule has 0 bridgehead atoms. The highest BCUT2D eigenvalue weighted by molar-refractivity contribution is 5.91. The number of hydrogen-bond donors (Lipinski definition) is 2. The fraction of sp³-hybridized carbons (Fsp3) is 0.263. The van der Waals surface area contributed by atoms with E-state index in [-0.39, 0.29) is 22.6 Å². The normalized spacial score (nSPS) is 11.0. The summed E-state index contributed by atoms with van der Waals surface area (Å²) in [5.74, 6) is -1.58. The molecule has 0 saturated heterocycles. The number of carboxylic acid groups (broad SMARTS) is 2. The first-order valence-electron chi connectivity index (χ1n) is 7.56. The Morgan fingerprint density at radius 1 is 0.800 bits per heavy atom. The molecule has 2 aromatic rings. The summed E-state index contributed by atoms with van der Waals surface area (Å²) in [6, 6.07) is 9.82. The van der Waals surface area contributed by atoms with Gasteiger partial charge in [0.1, 0.15) is 22.6 Å². The van der Waals surface area contributed by atoms with Crippen LogP contribution in [0, 0.1) is 0 Å². The lowest BCUT2D eigenvalue weighted by Crippen LogP contribution is -2.20. The van der Waals surface area contributed by atoms with Gasteiger partial charge in [-0.15, -0.1) is 0 Å². The van der Waals surface area contributed by atoms with Crippen molar-refractivity contribution in [3.8, 4) is 11.5 Å². The molecule has 2 N–H and O–H groups in total. The molecule has 2 aromatic carbocycles. The van der Waals surface area contributed by atoms with Gasteiger partial charge in [-0.1, -0.05) is 26.0 Å². The van der Waals surface area contributed by atoms with Gasteiger partial charge in [0, 0.05) is 5.41 Å². The van der Waals surface area contributed by atoms with Crippen molar-refractivity contribution in [2.24, 2.45) is 0 Å². The molecular formula is C19H20O6. The molecule has 6 heteroatoms. The molecule has 0 aliphatic rings. The van der Waals surface area contributed by atoms with E-state index in [4.69, 9.17) is 9.47 Å². The van der Waals surface area contributed by atoms with E-state index in [1.54, 1.807) is 24.3 Å². The predicted octanol–water partition coefficient (Wildman–Crippen LogP) is 3.43. The Balaban J connectivity index is 2.55. The highest BCUT2D eigenvalue weighted by atomic mass is 16.5. The lowest BCUT2D eigenvalue weighted by molar-refractivity contribution is 0.0682. The second-order valence-corrected chi connectivity index (χ2v) is 6.07. The summed E-state index contributed by atoms with van der Waals surface area (Å²) >= 11 is 0. The van der Waals surface area contributed by atoms with Gasteiger partial charge in [-0.3, -0.25) is 0 Å². The van der Waals surface area contributed by atoms with Gasteiger partial charge in [0.2, 0.25) is 0 Å². The van der Waals surface area contributed by atoms with Gasteiger partial charge in [-0.25, -0.2) is 9.59 Å². The fourth-order valence-electron chi connectivity index (χ4n) is 2.68. The van der Waals surface area contributed by atoms with E-state index in [9.17, 15) is 19.8 Å². The predicted molar refractivity (Wildman–Crippen MR) is 92.0 cm³/mol. The average molecular weight is 344 g/mol. The Bertz CT molecular complexity index is 755. The number of rotatable bonds is 6. The average Bonchev–Trinajstić information content (AvgIpc) is 2.60. The number of carbonyl (C=O) groups is 2. The van der Waals surface area contributed by atoms with Crippen molar-refractivity contribution in [1.29, 1.82) is 0 Å². The second kappa shape index (κ2) is 6.84. The van der Waals surface area contributed by atoms with Crippen molar-refractivity contribution in [3.63, 3.8) is 0 Å². The number of hydrogen-bond acceptors (Lipinski definition) is 4. The molecule has 0 fully saturated rings. The maximum Gasteiger partial charge on any atom is 0.339 e. The van der Waals surface area contributed by atoms with Gasteiger partial charge in [-0.2, -0.15) is 0 Å². The number of aromatic carboxylic acids is 2. The van der Waals surface area contributed by atoms with Crippen LogP contribution in [0.3, 0.4) is 0 Å². The summed E-state index contributed by atoms with van der Waals surface area (Å²) in [7, 11) is 2.84. The van der Waals surface area contributed by atoms with Crippen LogP contribution in [0.1, 0.15) is 45.7 Å². The minimum absolute atomic E-state index is 0.0841. The molecule has 25 heavy (non-hydrogen) atoms. The zero-order valence-corrected chi connectivity index (χ0v) is 14.5. The summed E-state index contributed by atoms with van der Waals surface area (Å²) in [5, 5.41) is 18.4. The molecule has 0 unspecified atom stereocenters. The Morgan fingerprint density at radius 2 is 1.16 bits per heavy atom. The molecule has 0 aromatic heterocycles. The van der Waals surface area contributed by atoms with Gasteiger partial charge >= 0.3 is 11.9 Å². The standard InChI is InChI=1S/C19H20O6/c1-19(2,11-5-7-13(17(20)21)15(9-11)24-3)12-6-8-14(18(22)23)16(10-12)25-4/h5-10H,1-4H3,(H,20,21)(H,22,23). The molecular weight excluding hydrogens is 324 g/mol. The Kier molecular flexibility index (Phi) is 5.02. The maximum atomic E-state index is 11.2. The van der Waals surface area contributed by atoms with Crippen LogP contribution in [-0.4, -0.2) is 36.4 Å². The van der Waals surface area contributed by atoms with Crippen molar-refractivity contribution < 1.29 is 29.3 Å². The van der Waals surface area contributed by atoms with E-state index in [0.717, 1.165) is 11.1 Å². The molecule has 0 heterocycles. The van der Waals surface area contributed by atoms with Crippen molar-refractivity contribution in [3.05, 3.63) is 58.7 Å². The van der Waals surface area contributed by atoms with E-state index in [2.05, 4.69) is 0 Å². The summed E-state index contributed by atoms with van der Waals surface area (Å²) in [5.41, 5.74) is 1.31. The monoisotopic (exact) mass is 344 g/mol. The molecule has 132 valence electrons. The van der Waals surface area contributed by atoms with Gasteiger partial charge in [0.15, 0.2) is 0 Å². The number of benzene rings is 2. The molecule has 0 spiro atoms. The van der Waals surface area contributed by atoms with Crippen LogP contribution >= 0.6 is 0 Å². The van der Waals surface area contributed by atoms with Crippen LogP contribution in [-0.2, 0) is 5.41 Å². The van der Waals surface area contributed by atoms with Crippen LogP contribution < -0.4 is 9.47 Å². The van der Waals surface area contributed by atoms with Crippen molar-refractivity contribution in [2.75, 3.05) is 14.2 Å². The molecule has 6 nitrogen and oxygen atoms in total. The maximum absolute atomic E-state index is 11.2. The molecule has 0 atom stereocenters. The van der Waals surface area contributed by atoms with E-state index in [1.807, 2.05) is 13.8 Å². The van der Waals surface area contributed by atoms with Gasteiger partial charge in [0.25, 0.3) is 0 Å². The quantitative estimate of drug-likeness (QED) is 0.834. The SMILES string of the molecule is COc1cc(C(C)(C)c2ccc(C(=O)O)c(OC)c2)ccc1C(=O)O. The Hall–Kier alpha value is -3.02. The van der Waals surface area contributed by atoms with E-state index in [1.165, 1.54) is 26.4 Å². The summed E-state index contributed by atoms with van der Waals surface area (Å²) in [6.45, 7) is 3.91. The molecule has 0 aliphatic carbocycles. The second-order valence-electron chi connectivity index (χ2n) is 6.07. The lowest BCUT2D eigenvalue weighted by atomic mass is 9.77. The van der Waals surface area contributed by atoms with E-state index < -0.39 is 17.4 Å². The number of carboxylic acids is 2. The largest absolute Gasteiger partial charge is 0.496 e. The van der Waals surface area contributed by atoms with Gasteiger partial charge in [0.05, 0.1) is 14.2 Å².